The van der Waals surface area contributed by atoms with Gasteiger partial charge < -0.3 is 11.1 Å². The standard InChI is InChI=1S/C13H23N3OS2/c1-5-13(6-2,18-4)8-15-11(17)10-7-19-12(16-10)9(3)14/h7,9H,5-6,8,14H2,1-4H3,(H,15,17). The van der Waals surface area contributed by atoms with E-state index in [9.17, 15) is 4.79 Å². The topological polar surface area (TPSA) is 68.0 Å². The van der Waals surface area contributed by atoms with Gasteiger partial charge in [0.2, 0.25) is 0 Å². The fourth-order valence-corrected chi connectivity index (χ4v) is 3.35. The van der Waals surface area contributed by atoms with Gasteiger partial charge >= 0.3 is 0 Å². The number of nitrogens with two attached hydrogens (primary N) is 1. The first-order valence-corrected chi connectivity index (χ1v) is 8.62. The smallest absolute Gasteiger partial charge is 0.270 e. The van der Waals surface area contributed by atoms with Gasteiger partial charge in [0.05, 0.1) is 6.04 Å². The summed E-state index contributed by atoms with van der Waals surface area (Å²) in [6.45, 7) is 6.85. The van der Waals surface area contributed by atoms with E-state index in [0.717, 1.165) is 17.8 Å². The molecule has 1 rings (SSSR count). The molecule has 1 atom stereocenters. The van der Waals surface area contributed by atoms with E-state index in [0.29, 0.717) is 12.2 Å². The fourth-order valence-electron chi connectivity index (χ4n) is 1.79. The molecule has 0 bridgehead atoms. The van der Waals surface area contributed by atoms with E-state index in [-0.39, 0.29) is 16.7 Å². The molecule has 1 heterocycles. The lowest BCUT2D eigenvalue weighted by molar-refractivity contribution is 0.0944. The Morgan fingerprint density at radius 1 is 1.58 bits per heavy atom. The number of hydrogen-bond acceptors (Lipinski definition) is 5. The van der Waals surface area contributed by atoms with Crippen LogP contribution in [-0.2, 0) is 0 Å². The molecule has 0 spiro atoms. The molecule has 3 N–H and O–H groups in total. The second-order valence-electron chi connectivity index (χ2n) is 4.64. The lowest BCUT2D eigenvalue weighted by Gasteiger charge is -2.29. The summed E-state index contributed by atoms with van der Waals surface area (Å²) < 4.78 is 0.121. The zero-order valence-electron chi connectivity index (χ0n) is 12.0. The van der Waals surface area contributed by atoms with E-state index in [1.54, 1.807) is 5.38 Å². The van der Waals surface area contributed by atoms with Crippen LogP contribution in [0.15, 0.2) is 5.38 Å². The first-order chi connectivity index (χ1) is 8.98. The van der Waals surface area contributed by atoms with Gasteiger partial charge in [-0.25, -0.2) is 4.98 Å². The van der Waals surface area contributed by atoms with Crippen LogP contribution in [0.1, 0.15) is 55.2 Å². The van der Waals surface area contributed by atoms with Gasteiger partial charge in [0, 0.05) is 16.7 Å². The number of nitrogens with zero attached hydrogens (tertiary/aromatic N) is 1. The summed E-state index contributed by atoms with van der Waals surface area (Å²) in [5, 5.41) is 5.56. The van der Waals surface area contributed by atoms with Crippen LogP contribution >= 0.6 is 23.1 Å². The van der Waals surface area contributed by atoms with Crippen LogP contribution in [0, 0.1) is 0 Å². The molecule has 1 amide bonds. The number of carbonyl (C=O) groups excluding carboxylic acids is 1. The van der Waals surface area contributed by atoms with Crippen molar-refractivity contribution < 1.29 is 4.79 Å². The number of thioether (sulfide) groups is 1. The maximum Gasteiger partial charge on any atom is 0.270 e. The second-order valence-corrected chi connectivity index (χ2v) is 6.80. The largest absolute Gasteiger partial charge is 0.349 e. The second kappa shape index (κ2) is 7.26. The molecule has 0 saturated heterocycles. The van der Waals surface area contributed by atoms with Gasteiger partial charge in [-0.1, -0.05) is 13.8 Å². The summed E-state index contributed by atoms with van der Waals surface area (Å²) >= 11 is 3.25. The summed E-state index contributed by atoms with van der Waals surface area (Å²) in [6, 6.07) is -0.122. The highest BCUT2D eigenvalue weighted by atomic mass is 32.2. The van der Waals surface area contributed by atoms with Crippen molar-refractivity contribution in [1.29, 1.82) is 0 Å². The minimum Gasteiger partial charge on any atom is -0.349 e. The summed E-state index contributed by atoms with van der Waals surface area (Å²) in [4.78, 5) is 16.3. The Kier molecular flexibility index (Phi) is 6.29. The molecular weight excluding hydrogens is 278 g/mol. The Bertz CT molecular complexity index is 406. The highest BCUT2D eigenvalue weighted by molar-refractivity contribution is 8.00. The molecule has 0 aliphatic carbocycles. The Balaban J connectivity index is 2.64. The van der Waals surface area contributed by atoms with Gasteiger partial charge in [-0.2, -0.15) is 11.8 Å². The third-order valence-electron chi connectivity index (χ3n) is 3.44. The van der Waals surface area contributed by atoms with E-state index >= 15 is 0 Å². The lowest BCUT2D eigenvalue weighted by Crippen LogP contribution is -2.39. The first-order valence-electron chi connectivity index (χ1n) is 6.52. The predicted molar refractivity (Wildman–Crippen MR) is 83.9 cm³/mol. The molecule has 0 radical (unpaired) electrons. The molecule has 0 aliphatic heterocycles. The van der Waals surface area contributed by atoms with Crippen molar-refractivity contribution in [2.75, 3.05) is 12.8 Å². The highest BCUT2D eigenvalue weighted by Gasteiger charge is 2.26. The molecule has 0 fully saturated rings. The van der Waals surface area contributed by atoms with Crippen molar-refractivity contribution in [3.05, 3.63) is 16.1 Å². The average molecular weight is 301 g/mol. The normalized spacial score (nSPS) is 13.3. The number of hydrogen-bond donors (Lipinski definition) is 2. The molecule has 0 saturated carbocycles. The van der Waals surface area contributed by atoms with E-state index < -0.39 is 0 Å². The molecule has 108 valence electrons. The molecule has 6 heteroatoms. The summed E-state index contributed by atoms with van der Waals surface area (Å²) in [7, 11) is 0. The molecule has 19 heavy (non-hydrogen) atoms. The molecule has 1 aromatic heterocycles. The van der Waals surface area contributed by atoms with Crippen LogP contribution in [0.4, 0.5) is 0 Å². The number of aromatic nitrogens is 1. The van der Waals surface area contributed by atoms with Crippen LogP contribution < -0.4 is 11.1 Å². The maximum absolute atomic E-state index is 12.1. The van der Waals surface area contributed by atoms with Gasteiger partial charge in [-0.15, -0.1) is 11.3 Å². The Morgan fingerprint density at radius 3 is 2.63 bits per heavy atom. The van der Waals surface area contributed by atoms with Crippen molar-refractivity contribution in [3.63, 3.8) is 0 Å². The average Bonchev–Trinajstić information content (AvgIpc) is 2.90. The predicted octanol–water partition coefficient (Wildman–Crippen LogP) is 2.81. The number of carbonyl (C=O) groups is 1. The highest BCUT2D eigenvalue weighted by Crippen LogP contribution is 2.29. The van der Waals surface area contributed by atoms with Crippen molar-refractivity contribution in [3.8, 4) is 0 Å². The van der Waals surface area contributed by atoms with Crippen LogP contribution in [-0.4, -0.2) is 28.4 Å². The van der Waals surface area contributed by atoms with Gasteiger partial charge in [0.1, 0.15) is 10.7 Å². The first kappa shape index (κ1) is 16.5. The lowest BCUT2D eigenvalue weighted by atomic mass is 10.0. The third-order valence-corrected chi connectivity index (χ3v) is 6.07. The minimum absolute atomic E-state index is 0.108. The van der Waals surface area contributed by atoms with Gasteiger partial charge in [0.25, 0.3) is 5.91 Å². The molecule has 1 aromatic rings. The van der Waals surface area contributed by atoms with Crippen LogP contribution in [0.2, 0.25) is 0 Å². The van der Waals surface area contributed by atoms with Crippen LogP contribution in [0.5, 0.6) is 0 Å². The molecule has 1 unspecified atom stereocenters. The summed E-state index contributed by atoms with van der Waals surface area (Å²) in [5.74, 6) is -0.108. The van der Waals surface area contributed by atoms with Gasteiger partial charge in [-0.05, 0) is 26.0 Å². The maximum atomic E-state index is 12.1. The zero-order chi connectivity index (χ0) is 14.5. The quantitative estimate of drug-likeness (QED) is 0.812. The third kappa shape index (κ3) is 4.19. The number of nitrogens with one attached hydrogen (secondary N) is 1. The Labute approximate surface area is 123 Å². The Hall–Kier alpha value is -0.590. The molecule has 4 nitrogen and oxygen atoms in total. The van der Waals surface area contributed by atoms with Crippen molar-refractivity contribution in [2.45, 2.75) is 44.4 Å². The fraction of sp³-hybridized carbons (Fsp3) is 0.692. The van der Waals surface area contributed by atoms with E-state index in [1.165, 1.54) is 11.3 Å². The van der Waals surface area contributed by atoms with Crippen molar-refractivity contribution in [2.24, 2.45) is 5.73 Å². The number of thiazole rings is 1. The van der Waals surface area contributed by atoms with E-state index in [1.807, 2.05) is 18.7 Å². The van der Waals surface area contributed by atoms with Crippen LogP contribution in [0.25, 0.3) is 0 Å². The number of rotatable bonds is 7. The van der Waals surface area contributed by atoms with Gasteiger partial charge in [0.15, 0.2) is 0 Å². The van der Waals surface area contributed by atoms with Crippen LogP contribution in [0.3, 0.4) is 0 Å². The number of amides is 1. The van der Waals surface area contributed by atoms with E-state index in [2.05, 4.69) is 30.4 Å². The minimum atomic E-state index is -0.122. The molecular formula is C13H23N3OS2. The zero-order valence-corrected chi connectivity index (χ0v) is 13.7. The SMILES string of the molecule is CCC(CC)(CNC(=O)c1csc(C(C)N)n1)SC. The van der Waals surface area contributed by atoms with Crippen molar-refractivity contribution in [1.82, 2.24) is 10.3 Å². The van der Waals surface area contributed by atoms with E-state index in [4.69, 9.17) is 5.73 Å². The summed E-state index contributed by atoms with van der Waals surface area (Å²) in [5.41, 5.74) is 6.22. The molecule has 0 aliphatic rings. The Morgan fingerprint density at radius 2 is 2.21 bits per heavy atom. The molecule has 0 aromatic carbocycles. The summed E-state index contributed by atoms with van der Waals surface area (Å²) in [6.07, 6.45) is 4.16. The monoisotopic (exact) mass is 301 g/mol. The van der Waals surface area contributed by atoms with Gasteiger partial charge in [-0.3, -0.25) is 4.79 Å². The van der Waals surface area contributed by atoms with Crippen molar-refractivity contribution >= 4 is 29.0 Å².